The summed E-state index contributed by atoms with van der Waals surface area (Å²) in [6.45, 7) is 5.76. The Labute approximate surface area is 110 Å². The molecule has 0 aliphatic carbocycles. The molecule has 3 atom stereocenters. The van der Waals surface area contributed by atoms with Crippen molar-refractivity contribution in [1.82, 2.24) is 10.6 Å². The molecular weight excluding hydrogens is 224 g/mol. The Morgan fingerprint density at radius 1 is 1.44 bits per heavy atom. The molecule has 102 valence electrons. The van der Waals surface area contributed by atoms with Crippen molar-refractivity contribution in [3.63, 3.8) is 0 Å². The van der Waals surface area contributed by atoms with Crippen LogP contribution in [-0.4, -0.2) is 24.7 Å². The third-order valence-corrected chi connectivity index (χ3v) is 3.77. The van der Waals surface area contributed by atoms with Crippen LogP contribution in [0.3, 0.4) is 0 Å². The van der Waals surface area contributed by atoms with E-state index in [2.05, 4.69) is 30.5 Å². The summed E-state index contributed by atoms with van der Waals surface area (Å²) in [5.41, 5.74) is 0. The van der Waals surface area contributed by atoms with Crippen molar-refractivity contribution < 1.29 is 4.42 Å². The Bertz CT molecular complexity index is 317. The van der Waals surface area contributed by atoms with Crippen molar-refractivity contribution in [1.29, 1.82) is 0 Å². The van der Waals surface area contributed by atoms with Crippen LogP contribution < -0.4 is 10.6 Å². The van der Waals surface area contributed by atoms with E-state index in [-0.39, 0.29) is 0 Å². The minimum atomic E-state index is 0.548. The van der Waals surface area contributed by atoms with Crippen LogP contribution in [0.25, 0.3) is 0 Å². The summed E-state index contributed by atoms with van der Waals surface area (Å²) in [5, 5.41) is 7.25. The van der Waals surface area contributed by atoms with Gasteiger partial charge in [0, 0.05) is 24.5 Å². The molecule has 1 aromatic rings. The maximum atomic E-state index is 5.36. The predicted octanol–water partition coefficient (Wildman–Crippen LogP) is 2.72. The van der Waals surface area contributed by atoms with Crippen LogP contribution in [-0.2, 0) is 6.42 Å². The van der Waals surface area contributed by atoms with Gasteiger partial charge in [-0.2, -0.15) is 0 Å². The molecule has 3 nitrogen and oxygen atoms in total. The van der Waals surface area contributed by atoms with E-state index in [0.29, 0.717) is 12.1 Å². The van der Waals surface area contributed by atoms with Crippen molar-refractivity contribution in [2.45, 2.75) is 64.1 Å². The summed E-state index contributed by atoms with van der Waals surface area (Å²) in [4.78, 5) is 0. The molecular formula is C15H26N2O. The number of furan rings is 1. The fraction of sp³-hybridized carbons (Fsp3) is 0.733. The van der Waals surface area contributed by atoms with Gasteiger partial charge in [-0.1, -0.05) is 0 Å². The molecule has 18 heavy (non-hydrogen) atoms. The van der Waals surface area contributed by atoms with Crippen LogP contribution in [0.2, 0.25) is 0 Å². The first-order valence-corrected chi connectivity index (χ1v) is 7.26. The second-order valence-corrected chi connectivity index (χ2v) is 5.62. The highest BCUT2D eigenvalue weighted by Gasteiger charge is 2.17. The summed E-state index contributed by atoms with van der Waals surface area (Å²) >= 11 is 0. The number of aryl methyl sites for hydroxylation is 1. The molecule has 3 unspecified atom stereocenters. The van der Waals surface area contributed by atoms with Gasteiger partial charge in [-0.15, -0.1) is 0 Å². The number of hydrogen-bond acceptors (Lipinski definition) is 3. The van der Waals surface area contributed by atoms with Gasteiger partial charge in [-0.3, -0.25) is 0 Å². The first kappa shape index (κ1) is 13.6. The average molecular weight is 250 g/mol. The van der Waals surface area contributed by atoms with Gasteiger partial charge >= 0.3 is 0 Å². The van der Waals surface area contributed by atoms with Gasteiger partial charge in [-0.25, -0.2) is 0 Å². The van der Waals surface area contributed by atoms with Crippen LogP contribution in [0.15, 0.2) is 22.8 Å². The van der Waals surface area contributed by atoms with Gasteiger partial charge in [0.2, 0.25) is 0 Å². The quantitative estimate of drug-likeness (QED) is 0.781. The molecule has 2 N–H and O–H groups in total. The molecule has 3 heteroatoms. The lowest BCUT2D eigenvalue weighted by molar-refractivity contribution is 0.383. The normalized spacial score (nSPS) is 23.1. The van der Waals surface area contributed by atoms with Gasteiger partial charge in [0.05, 0.1) is 6.26 Å². The fourth-order valence-electron chi connectivity index (χ4n) is 2.84. The lowest BCUT2D eigenvalue weighted by atomic mass is 10.0. The third-order valence-electron chi connectivity index (χ3n) is 3.77. The van der Waals surface area contributed by atoms with E-state index in [1.54, 1.807) is 6.26 Å². The van der Waals surface area contributed by atoms with Crippen LogP contribution in [0, 0.1) is 0 Å². The first-order chi connectivity index (χ1) is 8.74. The number of nitrogens with one attached hydrogen (secondary N) is 2. The SMILES string of the molecule is CC(CCc1ccco1)NC(C)CC1CCCN1. The second kappa shape index (κ2) is 6.95. The molecule has 0 aromatic carbocycles. The zero-order valence-corrected chi connectivity index (χ0v) is 11.6. The highest BCUT2D eigenvalue weighted by Crippen LogP contribution is 2.12. The van der Waals surface area contributed by atoms with Crippen molar-refractivity contribution >= 4 is 0 Å². The molecule has 0 amide bonds. The molecule has 1 fully saturated rings. The molecule has 0 saturated carbocycles. The second-order valence-electron chi connectivity index (χ2n) is 5.62. The molecule has 1 aliphatic heterocycles. The summed E-state index contributed by atoms with van der Waals surface area (Å²) in [5.74, 6) is 1.09. The third kappa shape index (κ3) is 4.46. The Hall–Kier alpha value is -0.800. The van der Waals surface area contributed by atoms with E-state index in [4.69, 9.17) is 4.42 Å². The van der Waals surface area contributed by atoms with Crippen molar-refractivity contribution in [2.24, 2.45) is 0 Å². The maximum absolute atomic E-state index is 5.36. The molecule has 2 rings (SSSR count). The minimum absolute atomic E-state index is 0.548. The molecule has 2 heterocycles. The predicted molar refractivity (Wildman–Crippen MR) is 74.7 cm³/mol. The van der Waals surface area contributed by atoms with Crippen LogP contribution in [0.4, 0.5) is 0 Å². The monoisotopic (exact) mass is 250 g/mol. The number of rotatable bonds is 7. The highest BCUT2D eigenvalue weighted by atomic mass is 16.3. The standard InChI is InChI=1S/C15H26N2O/c1-12(7-8-15-6-4-10-18-15)17-13(2)11-14-5-3-9-16-14/h4,6,10,12-14,16-17H,3,5,7-9,11H2,1-2H3. The highest BCUT2D eigenvalue weighted by molar-refractivity contribution is 4.98. The molecule has 0 radical (unpaired) electrons. The topological polar surface area (TPSA) is 37.2 Å². The fourth-order valence-corrected chi connectivity index (χ4v) is 2.84. The summed E-state index contributed by atoms with van der Waals surface area (Å²) < 4.78 is 5.36. The van der Waals surface area contributed by atoms with Gasteiger partial charge in [0.15, 0.2) is 0 Å². The Morgan fingerprint density at radius 2 is 2.33 bits per heavy atom. The molecule has 1 saturated heterocycles. The Morgan fingerprint density at radius 3 is 3.00 bits per heavy atom. The van der Waals surface area contributed by atoms with Gasteiger partial charge in [0.25, 0.3) is 0 Å². The zero-order chi connectivity index (χ0) is 12.8. The molecule has 0 bridgehead atoms. The summed E-state index contributed by atoms with van der Waals surface area (Å²) in [7, 11) is 0. The first-order valence-electron chi connectivity index (χ1n) is 7.26. The lowest BCUT2D eigenvalue weighted by Gasteiger charge is -2.22. The largest absolute Gasteiger partial charge is 0.469 e. The van der Waals surface area contributed by atoms with Gasteiger partial charge in [-0.05, 0) is 58.2 Å². The van der Waals surface area contributed by atoms with E-state index in [1.165, 1.54) is 25.8 Å². The van der Waals surface area contributed by atoms with Crippen molar-refractivity contribution in [3.05, 3.63) is 24.2 Å². The van der Waals surface area contributed by atoms with Crippen LogP contribution >= 0.6 is 0 Å². The van der Waals surface area contributed by atoms with E-state index in [0.717, 1.165) is 24.6 Å². The maximum Gasteiger partial charge on any atom is 0.103 e. The van der Waals surface area contributed by atoms with Gasteiger partial charge in [0.1, 0.15) is 5.76 Å². The molecule has 0 spiro atoms. The van der Waals surface area contributed by atoms with E-state index in [1.807, 2.05) is 6.07 Å². The van der Waals surface area contributed by atoms with Crippen LogP contribution in [0.5, 0.6) is 0 Å². The Kier molecular flexibility index (Phi) is 5.26. The smallest absolute Gasteiger partial charge is 0.103 e. The van der Waals surface area contributed by atoms with E-state index >= 15 is 0 Å². The van der Waals surface area contributed by atoms with Crippen molar-refractivity contribution in [3.8, 4) is 0 Å². The lowest BCUT2D eigenvalue weighted by Crippen LogP contribution is -2.38. The summed E-state index contributed by atoms with van der Waals surface area (Å²) in [6.07, 6.45) is 7.83. The molecule has 1 aromatic heterocycles. The van der Waals surface area contributed by atoms with E-state index in [9.17, 15) is 0 Å². The number of hydrogen-bond donors (Lipinski definition) is 2. The van der Waals surface area contributed by atoms with E-state index < -0.39 is 0 Å². The van der Waals surface area contributed by atoms with Gasteiger partial charge < -0.3 is 15.1 Å². The van der Waals surface area contributed by atoms with Crippen molar-refractivity contribution in [2.75, 3.05) is 6.54 Å². The van der Waals surface area contributed by atoms with Crippen LogP contribution in [0.1, 0.15) is 45.3 Å². The molecule has 1 aliphatic rings. The Balaban J connectivity index is 1.61. The minimum Gasteiger partial charge on any atom is -0.469 e. The summed E-state index contributed by atoms with van der Waals surface area (Å²) in [6, 6.07) is 5.88. The average Bonchev–Trinajstić information content (AvgIpc) is 2.98. The zero-order valence-electron chi connectivity index (χ0n) is 11.6.